The van der Waals surface area contributed by atoms with E-state index in [-0.39, 0.29) is 12.5 Å². The number of benzene rings is 1. The Morgan fingerprint density at radius 2 is 2.00 bits per heavy atom. The van der Waals surface area contributed by atoms with Crippen LogP contribution in [0.15, 0.2) is 29.2 Å². The first kappa shape index (κ1) is 14.0. The van der Waals surface area contributed by atoms with E-state index in [9.17, 15) is 4.79 Å². The van der Waals surface area contributed by atoms with E-state index in [1.165, 1.54) is 30.6 Å². The predicted octanol–water partition coefficient (Wildman–Crippen LogP) is 2.90. The minimum absolute atomic E-state index is 0.0778. The SMILES string of the molecule is N#CCNC(=O)Cc1ccc(SC2CCCC2)cc1. The summed E-state index contributed by atoms with van der Waals surface area (Å²) < 4.78 is 0. The molecule has 1 N–H and O–H groups in total. The number of thioether (sulfide) groups is 1. The molecule has 2 rings (SSSR count). The smallest absolute Gasteiger partial charge is 0.225 e. The van der Waals surface area contributed by atoms with Crippen LogP contribution >= 0.6 is 11.8 Å². The number of hydrogen-bond donors (Lipinski definition) is 1. The van der Waals surface area contributed by atoms with Gasteiger partial charge in [0, 0.05) is 10.1 Å². The summed E-state index contributed by atoms with van der Waals surface area (Å²) in [5.41, 5.74) is 0.992. The van der Waals surface area contributed by atoms with Gasteiger partial charge in [-0.25, -0.2) is 0 Å². The molecule has 3 nitrogen and oxygen atoms in total. The Labute approximate surface area is 118 Å². The Balaban J connectivity index is 1.84. The van der Waals surface area contributed by atoms with Gasteiger partial charge in [-0.05, 0) is 30.5 Å². The molecule has 0 unspecified atom stereocenters. The maximum absolute atomic E-state index is 11.5. The Morgan fingerprint density at radius 3 is 2.63 bits per heavy atom. The van der Waals surface area contributed by atoms with Gasteiger partial charge in [0.05, 0.1) is 12.5 Å². The van der Waals surface area contributed by atoms with Crippen LogP contribution in [0.5, 0.6) is 0 Å². The molecule has 0 aromatic heterocycles. The van der Waals surface area contributed by atoms with Crippen LogP contribution in [-0.2, 0) is 11.2 Å². The van der Waals surface area contributed by atoms with Crippen molar-refractivity contribution in [3.63, 3.8) is 0 Å². The molecule has 0 spiro atoms. The molecule has 1 amide bonds. The van der Waals surface area contributed by atoms with E-state index in [4.69, 9.17) is 5.26 Å². The highest BCUT2D eigenvalue weighted by molar-refractivity contribution is 8.00. The molecule has 0 bridgehead atoms. The summed E-state index contributed by atoms with van der Waals surface area (Å²) in [7, 11) is 0. The fraction of sp³-hybridized carbons (Fsp3) is 0.467. The first-order valence-electron chi connectivity index (χ1n) is 6.67. The maximum Gasteiger partial charge on any atom is 0.225 e. The summed E-state index contributed by atoms with van der Waals surface area (Å²) in [6.45, 7) is 0.0778. The molecule has 1 fully saturated rings. The molecule has 4 heteroatoms. The van der Waals surface area contributed by atoms with Crippen LogP contribution in [0.25, 0.3) is 0 Å². The van der Waals surface area contributed by atoms with Crippen LogP contribution in [0.1, 0.15) is 31.2 Å². The topological polar surface area (TPSA) is 52.9 Å². The predicted molar refractivity (Wildman–Crippen MR) is 76.9 cm³/mol. The van der Waals surface area contributed by atoms with E-state index in [2.05, 4.69) is 17.4 Å². The number of carbonyl (C=O) groups is 1. The van der Waals surface area contributed by atoms with E-state index in [1.807, 2.05) is 30.0 Å². The van der Waals surface area contributed by atoms with Crippen molar-refractivity contribution in [1.82, 2.24) is 5.32 Å². The fourth-order valence-corrected chi connectivity index (χ4v) is 3.52. The molecule has 0 aliphatic heterocycles. The second kappa shape index (κ2) is 7.20. The van der Waals surface area contributed by atoms with Gasteiger partial charge in [-0.1, -0.05) is 25.0 Å². The van der Waals surface area contributed by atoms with Crippen molar-refractivity contribution < 1.29 is 4.79 Å². The number of nitrogens with zero attached hydrogens (tertiary/aromatic N) is 1. The number of nitriles is 1. The van der Waals surface area contributed by atoms with Crippen LogP contribution in [0.2, 0.25) is 0 Å². The second-order valence-electron chi connectivity index (χ2n) is 4.78. The van der Waals surface area contributed by atoms with Crippen LogP contribution in [0, 0.1) is 11.3 Å². The van der Waals surface area contributed by atoms with Crippen LogP contribution in [0.4, 0.5) is 0 Å². The van der Waals surface area contributed by atoms with Crippen LogP contribution in [0.3, 0.4) is 0 Å². The molecule has 0 saturated heterocycles. The zero-order valence-corrected chi connectivity index (χ0v) is 11.7. The monoisotopic (exact) mass is 274 g/mol. The summed E-state index contributed by atoms with van der Waals surface area (Å²) in [4.78, 5) is 12.8. The van der Waals surface area contributed by atoms with E-state index in [0.717, 1.165) is 10.8 Å². The third-order valence-corrected chi connectivity index (χ3v) is 4.61. The summed E-state index contributed by atoms with van der Waals surface area (Å²) >= 11 is 1.95. The number of rotatable bonds is 5. The summed E-state index contributed by atoms with van der Waals surface area (Å²) in [5.74, 6) is -0.0993. The third kappa shape index (κ3) is 4.60. The van der Waals surface area contributed by atoms with Gasteiger partial charge < -0.3 is 5.32 Å². The average molecular weight is 274 g/mol. The van der Waals surface area contributed by atoms with Gasteiger partial charge in [0.1, 0.15) is 6.54 Å². The minimum Gasteiger partial charge on any atom is -0.343 e. The molecule has 1 aromatic rings. The Kier molecular flexibility index (Phi) is 5.29. The highest BCUT2D eigenvalue weighted by Crippen LogP contribution is 2.34. The Bertz CT molecular complexity index is 458. The quantitative estimate of drug-likeness (QED) is 0.840. The zero-order valence-electron chi connectivity index (χ0n) is 10.9. The normalized spacial score (nSPS) is 15.1. The van der Waals surface area contributed by atoms with Gasteiger partial charge in [0.25, 0.3) is 0 Å². The standard InChI is InChI=1S/C15H18N2OS/c16-9-10-17-15(18)11-12-5-7-14(8-6-12)19-13-3-1-2-4-13/h5-8,13H,1-4,10-11H2,(H,17,18). The third-order valence-electron chi connectivity index (χ3n) is 3.26. The number of nitrogens with one attached hydrogen (secondary N) is 1. The first-order chi connectivity index (χ1) is 9.28. The average Bonchev–Trinajstić information content (AvgIpc) is 2.91. The molecular formula is C15H18N2OS. The molecule has 1 saturated carbocycles. The molecule has 100 valence electrons. The van der Waals surface area contributed by atoms with Crippen molar-refractivity contribution in [3.05, 3.63) is 29.8 Å². The van der Waals surface area contributed by atoms with E-state index in [1.54, 1.807) is 0 Å². The fourth-order valence-electron chi connectivity index (χ4n) is 2.27. The summed E-state index contributed by atoms with van der Waals surface area (Å²) in [5, 5.41) is 11.7. The van der Waals surface area contributed by atoms with Crippen molar-refractivity contribution in [2.75, 3.05) is 6.54 Å². The van der Waals surface area contributed by atoms with Crippen LogP contribution < -0.4 is 5.32 Å². The van der Waals surface area contributed by atoms with Gasteiger partial charge in [0.2, 0.25) is 5.91 Å². The van der Waals surface area contributed by atoms with Gasteiger partial charge in [0.15, 0.2) is 0 Å². The summed E-state index contributed by atoms with van der Waals surface area (Å²) in [6.07, 6.45) is 5.70. The van der Waals surface area contributed by atoms with Crippen molar-refractivity contribution in [2.24, 2.45) is 0 Å². The lowest BCUT2D eigenvalue weighted by atomic mass is 10.1. The Hall–Kier alpha value is -1.47. The zero-order chi connectivity index (χ0) is 13.5. The lowest BCUT2D eigenvalue weighted by Crippen LogP contribution is -2.25. The summed E-state index contributed by atoms with van der Waals surface area (Å²) in [6, 6.07) is 10.1. The van der Waals surface area contributed by atoms with Crippen LogP contribution in [-0.4, -0.2) is 17.7 Å². The largest absolute Gasteiger partial charge is 0.343 e. The van der Waals surface area contributed by atoms with E-state index >= 15 is 0 Å². The molecule has 1 aromatic carbocycles. The molecular weight excluding hydrogens is 256 g/mol. The van der Waals surface area contributed by atoms with Gasteiger partial charge in [-0.2, -0.15) is 5.26 Å². The number of carbonyl (C=O) groups excluding carboxylic acids is 1. The molecule has 0 heterocycles. The maximum atomic E-state index is 11.5. The lowest BCUT2D eigenvalue weighted by molar-refractivity contribution is -0.120. The highest BCUT2D eigenvalue weighted by atomic mass is 32.2. The molecule has 1 aliphatic rings. The van der Waals surface area contributed by atoms with Gasteiger partial charge in [-0.3, -0.25) is 4.79 Å². The van der Waals surface area contributed by atoms with Gasteiger partial charge in [-0.15, -0.1) is 11.8 Å². The van der Waals surface area contributed by atoms with Crippen molar-refractivity contribution in [3.8, 4) is 6.07 Å². The Morgan fingerprint density at radius 1 is 1.32 bits per heavy atom. The number of hydrogen-bond acceptors (Lipinski definition) is 3. The van der Waals surface area contributed by atoms with Crippen molar-refractivity contribution in [2.45, 2.75) is 42.2 Å². The van der Waals surface area contributed by atoms with Crippen molar-refractivity contribution in [1.29, 1.82) is 5.26 Å². The first-order valence-corrected chi connectivity index (χ1v) is 7.55. The van der Waals surface area contributed by atoms with Crippen molar-refractivity contribution >= 4 is 17.7 Å². The van der Waals surface area contributed by atoms with E-state index < -0.39 is 0 Å². The number of amides is 1. The molecule has 0 radical (unpaired) electrons. The van der Waals surface area contributed by atoms with E-state index in [0.29, 0.717) is 6.42 Å². The highest BCUT2D eigenvalue weighted by Gasteiger charge is 2.15. The molecule has 19 heavy (non-hydrogen) atoms. The second-order valence-corrected chi connectivity index (χ2v) is 6.15. The van der Waals surface area contributed by atoms with Gasteiger partial charge >= 0.3 is 0 Å². The molecule has 0 atom stereocenters. The molecule has 1 aliphatic carbocycles. The lowest BCUT2D eigenvalue weighted by Gasteiger charge is -2.09. The minimum atomic E-state index is -0.0993.